The van der Waals surface area contributed by atoms with Crippen molar-refractivity contribution >= 4 is 23.9 Å². The zero-order valence-corrected chi connectivity index (χ0v) is 33.2. The van der Waals surface area contributed by atoms with E-state index in [9.17, 15) is 19.2 Å². The van der Waals surface area contributed by atoms with E-state index in [-0.39, 0.29) is 22.3 Å². The molecule has 0 saturated carbocycles. The van der Waals surface area contributed by atoms with Crippen molar-refractivity contribution in [1.29, 1.82) is 0 Å². The number of rotatable bonds is 8. The Labute approximate surface area is 326 Å². The Morgan fingerprint density at radius 3 is 0.607 bits per heavy atom. The lowest BCUT2D eigenvalue weighted by Gasteiger charge is -2.20. The van der Waals surface area contributed by atoms with Gasteiger partial charge in [-0.3, -0.25) is 0 Å². The van der Waals surface area contributed by atoms with Crippen molar-refractivity contribution in [1.82, 2.24) is 0 Å². The lowest BCUT2D eigenvalue weighted by molar-refractivity contribution is 0.0555. The van der Waals surface area contributed by atoms with Gasteiger partial charge in [-0.1, -0.05) is 0 Å². The van der Waals surface area contributed by atoms with Gasteiger partial charge >= 0.3 is 23.9 Å². The molecule has 0 aliphatic heterocycles. The van der Waals surface area contributed by atoms with E-state index in [1.54, 1.807) is 52.7 Å². The molecule has 1 aliphatic rings. The van der Waals surface area contributed by atoms with Crippen LogP contribution in [0.4, 0.5) is 0 Å². The van der Waals surface area contributed by atoms with Gasteiger partial charge in [-0.05, 0) is 144 Å². The minimum absolute atomic E-state index is 0.121. The number of carbonyl (C=O) groups excluding carboxylic acids is 4. The quantitative estimate of drug-likeness (QED) is 0.146. The molecule has 0 N–H and O–H groups in total. The largest absolute Gasteiger partial charge is 0.493 e. The topological polar surface area (TPSA) is 142 Å². The van der Waals surface area contributed by atoms with E-state index >= 15 is 0 Å². The number of hydrogen-bond donors (Lipinski definition) is 0. The first-order chi connectivity index (χ1) is 27.0. The summed E-state index contributed by atoms with van der Waals surface area (Å²) in [6.45, 7) is 0. The first kappa shape index (κ1) is 41.1. The molecule has 0 unspecified atom stereocenters. The first-order valence-electron chi connectivity index (χ1n) is 18.2. The van der Waals surface area contributed by atoms with Crippen LogP contribution in [0.15, 0.2) is 48.5 Å². The summed E-state index contributed by atoms with van der Waals surface area (Å²) in [6, 6.07) is 14.8. The van der Waals surface area contributed by atoms with Crippen molar-refractivity contribution < 1.29 is 57.1 Å². The highest BCUT2D eigenvalue weighted by molar-refractivity contribution is 6.04. The van der Waals surface area contributed by atoms with Crippen LogP contribution in [0.1, 0.15) is 85.9 Å². The van der Waals surface area contributed by atoms with Crippen molar-refractivity contribution in [2.24, 2.45) is 0 Å². The van der Waals surface area contributed by atoms with Crippen LogP contribution in [-0.4, -0.2) is 80.8 Å². The third kappa shape index (κ3) is 8.75. The monoisotopic (exact) mass is 768 g/mol. The smallest absolute Gasteiger partial charge is 0.338 e. The van der Waals surface area contributed by atoms with Gasteiger partial charge in [0.2, 0.25) is 0 Å². The summed E-state index contributed by atoms with van der Waals surface area (Å²) in [7, 11) is 11.4. The second kappa shape index (κ2) is 18.5. The minimum atomic E-state index is -0.644. The Morgan fingerprint density at radius 2 is 0.464 bits per heavy atom. The fraction of sp³-hybridized carbons (Fsp3) is 0.364. The number of esters is 4. The summed E-state index contributed by atoms with van der Waals surface area (Å²) in [6.07, 6.45) is 4.21. The molecule has 0 amide bonds. The average molecular weight is 769 g/mol. The molecule has 1 aliphatic carbocycles. The molecule has 0 heterocycles. The highest BCUT2D eigenvalue weighted by atomic mass is 16.5. The van der Waals surface area contributed by atoms with Crippen molar-refractivity contribution in [3.05, 3.63) is 115 Å². The van der Waals surface area contributed by atoms with Gasteiger partial charge < -0.3 is 37.9 Å². The molecule has 0 radical (unpaired) electrons. The van der Waals surface area contributed by atoms with Crippen molar-refractivity contribution in [3.8, 4) is 23.0 Å². The van der Waals surface area contributed by atoms with Gasteiger partial charge in [0.25, 0.3) is 0 Å². The number of ether oxygens (including phenoxy) is 8. The summed E-state index contributed by atoms with van der Waals surface area (Å²) in [4.78, 5) is 52.2. The molecule has 296 valence electrons. The first-order valence-corrected chi connectivity index (χ1v) is 18.2. The molecule has 0 spiro atoms. The molecule has 5 rings (SSSR count). The molecule has 0 fully saturated rings. The zero-order valence-electron chi connectivity index (χ0n) is 33.2. The molecule has 4 aromatic carbocycles. The van der Waals surface area contributed by atoms with Crippen LogP contribution in [-0.2, 0) is 70.3 Å². The van der Waals surface area contributed by atoms with Crippen LogP contribution in [0.5, 0.6) is 23.0 Å². The second-order valence-electron chi connectivity index (χ2n) is 13.3. The van der Waals surface area contributed by atoms with Crippen molar-refractivity contribution in [2.75, 3.05) is 56.9 Å². The number of aryl methyl sites for hydroxylation is 8. The second-order valence-corrected chi connectivity index (χ2v) is 13.3. The third-order valence-electron chi connectivity index (χ3n) is 10.4. The molecule has 4 aromatic rings. The van der Waals surface area contributed by atoms with Crippen molar-refractivity contribution in [2.45, 2.75) is 51.4 Å². The van der Waals surface area contributed by atoms with Gasteiger partial charge in [-0.25, -0.2) is 19.2 Å². The van der Waals surface area contributed by atoms with E-state index in [1.807, 2.05) is 24.3 Å². The molecule has 0 aromatic heterocycles. The number of hydrogen-bond acceptors (Lipinski definition) is 12. The van der Waals surface area contributed by atoms with Crippen molar-refractivity contribution in [3.63, 3.8) is 0 Å². The Bertz CT molecular complexity index is 1830. The van der Waals surface area contributed by atoms with E-state index in [2.05, 4.69) is 0 Å². The van der Waals surface area contributed by atoms with Crippen LogP contribution >= 0.6 is 0 Å². The van der Waals surface area contributed by atoms with E-state index in [0.717, 1.165) is 44.5 Å². The number of benzene rings is 4. The SMILES string of the molecule is COC(=O)c1cc2c(cc1C(=O)OC)CCc1cc(OC)c(OC)cc1CCc1cc(C(=O)OC)c(C(=O)OC)cc1CCc1cc(OC)c(OC)cc1CC2. The fourth-order valence-electron chi connectivity index (χ4n) is 7.36. The Balaban J connectivity index is 1.75. The maximum absolute atomic E-state index is 13.0. The number of carbonyl (C=O) groups is 4. The van der Waals surface area contributed by atoms with E-state index in [0.29, 0.717) is 74.4 Å². The molecular formula is C44H48O12. The lowest BCUT2D eigenvalue weighted by atomic mass is 9.86. The Kier molecular flexibility index (Phi) is 13.6. The highest BCUT2D eigenvalue weighted by Crippen LogP contribution is 2.36. The van der Waals surface area contributed by atoms with Gasteiger partial charge in [0, 0.05) is 0 Å². The predicted octanol–water partition coefficient (Wildman–Crippen LogP) is 6.32. The van der Waals surface area contributed by atoms with Crippen LogP contribution < -0.4 is 18.9 Å². The van der Waals surface area contributed by atoms with Gasteiger partial charge in [-0.15, -0.1) is 0 Å². The van der Waals surface area contributed by atoms with Crippen LogP contribution in [0, 0.1) is 0 Å². The molecule has 0 bridgehead atoms. The summed E-state index contributed by atoms with van der Waals surface area (Å²) in [5, 5.41) is 0. The summed E-state index contributed by atoms with van der Waals surface area (Å²) < 4.78 is 43.2. The molecule has 0 saturated heterocycles. The molecular weight excluding hydrogens is 720 g/mol. The number of fused-ring (bicyclic) bond motifs is 4. The summed E-state index contributed by atoms with van der Waals surface area (Å²) in [5.74, 6) is -0.319. The van der Waals surface area contributed by atoms with Crippen LogP contribution in [0.3, 0.4) is 0 Å². The third-order valence-corrected chi connectivity index (χ3v) is 10.4. The molecule has 12 heteroatoms. The predicted molar refractivity (Wildman–Crippen MR) is 207 cm³/mol. The van der Waals surface area contributed by atoms with E-state index in [1.165, 1.54) is 28.4 Å². The molecule has 12 nitrogen and oxygen atoms in total. The maximum Gasteiger partial charge on any atom is 0.338 e. The highest BCUT2D eigenvalue weighted by Gasteiger charge is 2.25. The molecule has 56 heavy (non-hydrogen) atoms. The van der Waals surface area contributed by atoms with Gasteiger partial charge in [-0.2, -0.15) is 0 Å². The maximum atomic E-state index is 13.0. The van der Waals surface area contributed by atoms with Gasteiger partial charge in [0.15, 0.2) is 23.0 Å². The summed E-state index contributed by atoms with van der Waals surface area (Å²) in [5.41, 5.74) is 7.92. The zero-order chi connectivity index (χ0) is 40.5. The van der Waals surface area contributed by atoms with Crippen LogP contribution in [0.25, 0.3) is 0 Å². The molecule has 0 atom stereocenters. The minimum Gasteiger partial charge on any atom is -0.493 e. The van der Waals surface area contributed by atoms with E-state index < -0.39 is 23.9 Å². The normalized spacial score (nSPS) is 12.7. The average Bonchev–Trinajstić information content (AvgIpc) is 3.23. The van der Waals surface area contributed by atoms with Gasteiger partial charge in [0.1, 0.15) is 0 Å². The lowest BCUT2D eigenvalue weighted by Crippen LogP contribution is -2.16. The van der Waals surface area contributed by atoms with Crippen LogP contribution in [0.2, 0.25) is 0 Å². The standard InChI is InChI=1S/C44H48O12/c1-49-37-21-29-13-9-25-17-33(41(45)53-5)35(43(47)55-7)19-27(25)11-15-31-23-39(51-3)40(52-4)24-32(31)16-12-28-20-36(44(48)56-8)34(42(46)54-6)18-26(28)10-14-30(29)22-38(37)50-2/h17-24H,9-16H2,1-8H3. The van der Waals surface area contributed by atoms with E-state index in [4.69, 9.17) is 37.9 Å². The number of methoxy groups -OCH3 is 8. The van der Waals surface area contributed by atoms with Gasteiger partial charge in [0.05, 0.1) is 79.1 Å². The Hall–Kier alpha value is -6.04. The fourth-order valence-corrected chi connectivity index (χ4v) is 7.36. The summed E-state index contributed by atoms with van der Waals surface area (Å²) >= 11 is 0. The Morgan fingerprint density at radius 1 is 0.304 bits per heavy atom.